The molecule has 24 heavy (non-hydrogen) atoms. The fraction of sp³-hybridized carbons (Fsp3) is 0.421. The average Bonchev–Trinajstić information content (AvgIpc) is 3.35. The lowest BCUT2D eigenvalue weighted by Crippen LogP contribution is -2.26. The Balaban J connectivity index is 1.37. The van der Waals surface area contributed by atoms with Gasteiger partial charge in [0.15, 0.2) is 11.5 Å². The maximum Gasteiger partial charge on any atom is 0.224 e. The molecule has 0 unspecified atom stereocenters. The molecule has 1 aliphatic heterocycles. The number of benzene rings is 1. The van der Waals surface area contributed by atoms with Gasteiger partial charge in [0.1, 0.15) is 13.2 Å². The highest BCUT2D eigenvalue weighted by molar-refractivity contribution is 5.82. The summed E-state index contributed by atoms with van der Waals surface area (Å²) in [7, 11) is 2.02. The van der Waals surface area contributed by atoms with Crippen molar-refractivity contribution in [3.05, 3.63) is 47.3 Å². The van der Waals surface area contributed by atoms with E-state index in [0.717, 1.165) is 29.2 Å². The Kier molecular flexibility index (Phi) is 3.71. The molecule has 1 N–H and O–H groups in total. The van der Waals surface area contributed by atoms with Gasteiger partial charge in [-0.15, -0.1) is 0 Å². The first-order valence-electron chi connectivity index (χ1n) is 8.42. The number of carbonyl (C=O) groups excluding carboxylic acids is 1. The van der Waals surface area contributed by atoms with Crippen molar-refractivity contribution in [2.75, 3.05) is 13.2 Å². The van der Waals surface area contributed by atoms with Gasteiger partial charge in [-0.25, -0.2) is 0 Å². The Labute approximate surface area is 141 Å². The number of amides is 1. The zero-order valence-electron chi connectivity index (χ0n) is 14.0. The van der Waals surface area contributed by atoms with Gasteiger partial charge in [-0.2, -0.15) is 0 Å². The average molecular weight is 326 g/mol. The van der Waals surface area contributed by atoms with E-state index in [9.17, 15) is 4.79 Å². The van der Waals surface area contributed by atoms with Crippen molar-refractivity contribution < 1.29 is 14.3 Å². The molecule has 2 atom stereocenters. The monoisotopic (exact) mass is 326 g/mol. The second-order valence-electron chi connectivity index (χ2n) is 6.59. The van der Waals surface area contributed by atoms with Gasteiger partial charge in [0.2, 0.25) is 5.91 Å². The van der Waals surface area contributed by atoms with Crippen molar-refractivity contribution in [2.45, 2.75) is 25.8 Å². The number of aryl methyl sites for hydroxylation is 1. The lowest BCUT2D eigenvalue weighted by Gasteiger charge is -2.18. The Morgan fingerprint density at radius 3 is 2.75 bits per heavy atom. The van der Waals surface area contributed by atoms with E-state index in [2.05, 4.69) is 28.9 Å². The van der Waals surface area contributed by atoms with Crippen molar-refractivity contribution >= 4 is 5.91 Å². The zero-order chi connectivity index (χ0) is 16.7. The number of hydrogen-bond donors (Lipinski definition) is 1. The van der Waals surface area contributed by atoms with Crippen LogP contribution in [0.3, 0.4) is 0 Å². The molecule has 0 saturated heterocycles. The van der Waals surface area contributed by atoms with Crippen LogP contribution in [0, 0.1) is 12.8 Å². The van der Waals surface area contributed by atoms with E-state index in [-0.39, 0.29) is 17.7 Å². The van der Waals surface area contributed by atoms with Gasteiger partial charge in [0.05, 0.1) is 6.54 Å². The molecule has 2 heterocycles. The van der Waals surface area contributed by atoms with Gasteiger partial charge < -0.3 is 19.4 Å². The van der Waals surface area contributed by atoms with E-state index in [1.807, 2.05) is 25.2 Å². The Morgan fingerprint density at radius 1 is 1.21 bits per heavy atom. The fourth-order valence-electron chi connectivity index (χ4n) is 3.30. The summed E-state index contributed by atoms with van der Waals surface area (Å²) in [6.07, 6.45) is 0.900. The van der Waals surface area contributed by atoms with Gasteiger partial charge in [0.25, 0.3) is 0 Å². The van der Waals surface area contributed by atoms with Crippen LogP contribution in [0.4, 0.5) is 0 Å². The molecule has 1 aliphatic carbocycles. The van der Waals surface area contributed by atoms with Gasteiger partial charge in [-0.05, 0) is 49.1 Å². The molecule has 1 saturated carbocycles. The summed E-state index contributed by atoms with van der Waals surface area (Å²) < 4.78 is 13.3. The predicted octanol–water partition coefficient (Wildman–Crippen LogP) is 2.52. The summed E-state index contributed by atoms with van der Waals surface area (Å²) in [5, 5.41) is 3.06. The minimum atomic E-state index is 0.0638. The van der Waals surface area contributed by atoms with Crippen molar-refractivity contribution in [3.8, 4) is 11.5 Å². The van der Waals surface area contributed by atoms with E-state index in [1.165, 1.54) is 5.69 Å². The smallest absolute Gasteiger partial charge is 0.224 e. The molecule has 1 aromatic carbocycles. The Morgan fingerprint density at radius 2 is 2.00 bits per heavy atom. The first-order chi connectivity index (χ1) is 11.6. The molecule has 1 aromatic heterocycles. The molecule has 1 amide bonds. The van der Waals surface area contributed by atoms with Gasteiger partial charge in [0, 0.05) is 24.4 Å². The predicted molar refractivity (Wildman–Crippen MR) is 90.3 cm³/mol. The molecule has 0 spiro atoms. The first-order valence-corrected chi connectivity index (χ1v) is 8.42. The molecule has 0 bridgehead atoms. The molecule has 5 heteroatoms. The summed E-state index contributed by atoms with van der Waals surface area (Å²) in [6.45, 7) is 3.82. The molecule has 2 aliphatic rings. The van der Waals surface area contributed by atoms with E-state index in [0.29, 0.717) is 19.8 Å². The SMILES string of the molecule is Cc1ccc(CNC(=O)[C@@H]2C[C@H]2c2ccc3c(c2)OCCO3)n1C. The third kappa shape index (κ3) is 2.75. The second kappa shape index (κ2) is 5.89. The van der Waals surface area contributed by atoms with Crippen molar-refractivity contribution in [1.29, 1.82) is 0 Å². The number of fused-ring (bicyclic) bond motifs is 1. The highest BCUT2D eigenvalue weighted by Crippen LogP contribution is 2.49. The fourth-order valence-corrected chi connectivity index (χ4v) is 3.30. The summed E-state index contributed by atoms with van der Waals surface area (Å²) >= 11 is 0. The van der Waals surface area contributed by atoms with Crippen LogP contribution in [0.5, 0.6) is 11.5 Å². The van der Waals surface area contributed by atoms with Crippen molar-refractivity contribution in [2.24, 2.45) is 13.0 Å². The van der Waals surface area contributed by atoms with Crippen LogP contribution in [-0.4, -0.2) is 23.7 Å². The lowest BCUT2D eigenvalue weighted by molar-refractivity contribution is -0.122. The molecule has 126 valence electrons. The number of rotatable bonds is 4. The molecule has 5 nitrogen and oxygen atoms in total. The van der Waals surface area contributed by atoms with E-state index in [1.54, 1.807) is 0 Å². The van der Waals surface area contributed by atoms with Crippen LogP contribution < -0.4 is 14.8 Å². The van der Waals surface area contributed by atoms with Gasteiger partial charge in [-0.1, -0.05) is 6.07 Å². The van der Waals surface area contributed by atoms with Crippen LogP contribution in [0.25, 0.3) is 0 Å². The summed E-state index contributed by atoms with van der Waals surface area (Å²) in [4.78, 5) is 12.4. The summed E-state index contributed by atoms with van der Waals surface area (Å²) in [5.74, 6) is 2.08. The number of carbonyl (C=O) groups is 1. The second-order valence-corrected chi connectivity index (χ2v) is 6.59. The Bertz CT molecular complexity index is 781. The highest BCUT2D eigenvalue weighted by atomic mass is 16.6. The van der Waals surface area contributed by atoms with Crippen LogP contribution in [0.15, 0.2) is 30.3 Å². The number of hydrogen-bond acceptors (Lipinski definition) is 3. The van der Waals surface area contributed by atoms with Crippen molar-refractivity contribution in [3.63, 3.8) is 0 Å². The van der Waals surface area contributed by atoms with Crippen LogP contribution in [0.2, 0.25) is 0 Å². The third-order valence-corrected chi connectivity index (χ3v) is 5.04. The molecular formula is C19H22N2O3. The highest BCUT2D eigenvalue weighted by Gasteiger charge is 2.44. The number of nitrogens with one attached hydrogen (secondary N) is 1. The number of ether oxygens (including phenoxy) is 2. The van der Waals surface area contributed by atoms with E-state index >= 15 is 0 Å². The Hall–Kier alpha value is -2.43. The van der Waals surface area contributed by atoms with Gasteiger partial charge >= 0.3 is 0 Å². The van der Waals surface area contributed by atoms with Gasteiger partial charge in [-0.3, -0.25) is 4.79 Å². The largest absolute Gasteiger partial charge is 0.486 e. The quantitative estimate of drug-likeness (QED) is 0.939. The summed E-state index contributed by atoms with van der Waals surface area (Å²) in [5.41, 5.74) is 3.48. The van der Waals surface area contributed by atoms with Crippen LogP contribution in [0.1, 0.15) is 29.3 Å². The van der Waals surface area contributed by atoms with E-state index < -0.39 is 0 Å². The lowest BCUT2D eigenvalue weighted by atomic mass is 10.1. The topological polar surface area (TPSA) is 52.5 Å². The molecule has 2 aromatic rings. The van der Waals surface area contributed by atoms with Crippen molar-refractivity contribution in [1.82, 2.24) is 9.88 Å². The standard InChI is InChI=1S/C19H22N2O3/c1-12-3-5-14(21(12)2)11-20-19(22)16-10-15(16)13-4-6-17-18(9-13)24-8-7-23-17/h3-6,9,15-16H,7-8,10-11H2,1-2H3,(H,20,22)/t15-,16+/m0/s1. The van der Waals surface area contributed by atoms with Crippen LogP contribution >= 0.6 is 0 Å². The number of aromatic nitrogens is 1. The third-order valence-electron chi connectivity index (χ3n) is 5.04. The minimum absolute atomic E-state index is 0.0638. The van der Waals surface area contributed by atoms with E-state index in [4.69, 9.17) is 9.47 Å². The molecule has 4 rings (SSSR count). The normalized spacial score (nSPS) is 21.4. The van der Waals surface area contributed by atoms with Crippen LogP contribution in [-0.2, 0) is 18.4 Å². The maximum absolute atomic E-state index is 12.4. The summed E-state index contributed by atoms with van der Waals surface area (Å²) in [6, 6.07) is 10.1. The molecule has 0 radical (unpaired) electrons. The first kappa shape index (κ1) is 15.1. The molecular weight excluding hydrogens is 304 g/mol. The zero-order valence-corrected chi connectivity index (χ0v) is 14.0. The number of nitrogens with zero attached hydrogens (tertiary/aromatic N) is 1. The minimum Gasteiger partial charge on any atom is -0.486 e. The molecule has 1 fully saturated rings. The maximum atomic E-state index is 12.4.